The van der Waals surface area contributed by atoms with Crippen molar-refractivity contribution >= 4 is 16.7 Å². The van der Waals surface area contributed by atoms with Gasteiger partial charge >= 0.3 is 0 Å². The number of nitrogens with zero attached hydrogens (tertiary/aromatic N) is 4. The summed E-state index contributed by atoms with van der Waals surface area (Å²) in [5.74, 6) is 0.567. The quantitative estimate of drug-likeness (QED) is 0.538. The molecule has 0 N–H and O–H groups in total. The highest BCUT2D eigenvalue weighted by atomic mass is 15.4. The topological polar surface area (TPSA) is 34.0 Å². The second-order valence-corrected chi connectivity index (χ2v) is 8.78. The van der Waals surface area contributed by atoms with Crippen molar-refractivity contribution in [3.63, 3.8) is 0 Å². The molecule has 0 unspecified atom stereocenters. The molecule has 0 amide bonds. The van der Waals surface area contributed by atoms with Crippen LogP contribution in [0.2, 0.25) is 0 Å². The molecule has 2 aromatic carbocycles. The van der Waals surface area contributed by atoms with Crippen LogP contribution in [0.4, 0.5) is 5.69 Å². The second-order valence-electron chi connectivity index (χ2n) is 8.78. The fourth-order valence-electron chi connectivity index (χ4n) is 5.83. The Kier molecular flexibility index (Phi) is 5.03. The molecular formula is C25H32N4. The third-order valence-electron chi connectivity index (χ3n) is 7.02. The standard InChI is InChI=1S/C25H32N4/c1-3-5-15-22-19(10-4-2)25(29-23-16-7-6-14-21(23)26-27-29)20-13-8-11-18-12-9-17-28(22)24(18)20/h6-8,11,13-14,16,19,22,25H,3-5,9-10,12,15,17H2,1-2H3/t19-,22-,25+/m0/s1. The van der Waals surface area contributed by atoms with Crippen LogP contribution >= 0.6 is 0 Å². The van der Waals surface area contributed by atoms with Gasteiger partial charge in [-0.15, -0.1) is 5.10 Å². The molecule has 0 aliphatic carbocycles. The first-order chi connectivity index (χ1) is 14.3. The van der Waals surface area contributed by atoms with E-state index in [1.165, 1.54) is 68.3 Å². The van der Waals surface area contributed by atoms with E-state index >= 15 is 0 Å². The molecule has 0 fully saturated rings. The summed E-state index contributed by atoms with van der Waals surface area (Å²) < 4.78 is 2.25. The lowest BCUT2D eigenvalue weighted by molar-refractivity contribution is 0.241. The molecule has 0 radical (unpaired) electrons. The van der Waals surface area contributed by atoms with Crippen LogP contribution in [-0.4, -0.2) is 27.6 Å². The number of anilines is 1. The molecule has 3 atom stereocenters. The molecular weight excluding hydrogens is 356 g/mol. The lowest BCUT2D eigenvalue weighted by atomic mass is 9.74. The molecule has 152 valence electrons. The largest absolute Gasteiger partial charge is 0.368 e. The Morgan fingerprint density at radius 1 is 1.00 bits per heavy atom. The Morgan fingerprint density at radius 2 is 1.90 bits per heavy atom. The van der Waals surface area contributed by atoms with Gasteiger partial charge in [0.1, 0.15) is 5.52 Å². The predicted molar refractivity (Wildman–Crippen MR) is 119 cm³/mol. The van der Waals surface area contributed by atoms with E-state index in [1.54, 1.807) is 0 Å². The molecule has 4 nitrogen and oxygen atoms in total. The average Bonchev–Trinajstić information content (AvgIpc) is 3.18. The zero-order valence-corrected chi connectivity index (χ0v) is 17.7. The molecule has 0 bridgehead atoms. The van der Waals surface area contributed by atoms with Crippen LogP contribution in [0.15, 0.2) is 42.5 Å². The van der Waals surface area contributed by atoms with Gasteiger partial charge in [0, 0.05) is 29.8 Å². The smallest absolute Gasteiger partial charge is 0.113 e. The van der Waals surface area contributed by atoms with E-state index < -0.39 is 0 Å². The first-order valence-corrected chi connectivity index (χ1v) is 11.5. The minimum Gasteiger partial charge on any atom is -0.368 e. The maximum atomic E-state index is 4.71. The summed E-state index contributed by atoms with van der Waals surface area (Å²) in [4.78, 5) is 2.78. The summed E-state index contributed by atoms with van der Waals surface area (Å²) in [6.45, 7) is 5.84. The van der Waals surface area contributed by atoms with Crippen LogP contribution in [-0.2, 0) is 6.42 Å². The van der Waals surface area contributed by atoms with Crippen LogP contribution < -0.4 is 4.90 Å². The predicted octanol–water partition coefficient (Wildman–Crippen LogP) is 5.76. The van der Waals surface area contributed by atoms with Crippen molar-refractivity contribution in [2.45, 2.75) is 70.9 Å². The number of rotatable bonds is 6. The summed E-state index contributed by atoms with van der Waals surface area (Å²) in [6, 6.07) is 16.3. The third kappa shape index (κ3) is 3.04. The normalized spacial score (nSPS) is 23.4. The average molecular weight is 389 g/mol. The van der Waals surface area contributed by atoms with Crippen molar-refractivity contribution in [1.82, 2.24) is 15.0 Å². The zero-order valence-electron chi connectivity index (χ0n) is 17.7. The minimum atomic E-state index is 0.272. The Bertz CT molecular complexity index is 991. The first-order valence-electron chi connectivity index (χ1n) is 11.5. The number of aryl methyl sites for hydroxylation is 1. The van der Waals surface area contributed by atoms with Crippen molar-refractivity contribution in [2.24, 2.45) is 5.92 Å². The van der Waals surface area contributed by atoms with E-state index in [1.807, 2.05) is 0 Å². The van der Waals surface area contributed by atoms with Crippen LogP contribution in [0.5, 0.6) is 0 Å². The van der Waals surface area contributed by atoms with E-state index in [4.69, 9.17) is 5.21 Å². The molecule has 3 heterocycles. The Balaban J connectivity index is 1.72. The lowest BCUT2D eigenvalue weighted by Crippen LogP contribution is -2.51. The van der Waals surface area contributed by atoms with Crippen LogP contribution in [0.3, 0.4) is 0 Å². The van der Waals surface area contributed by atoms with E-state index in [9.17, 15) is 0 Å². The van der Waals surface area contributed by atoms with Crippen LogP contribution in [0.1, 0.15) is 69.5 Å². The molecule has 4 heteroatoms. The summed E-state index contributed by atoms with van der Waals surface area (Å²) in [5, 5.41) is 9.24. The highest BCUT2D eigenvalue weighted by Crippen LogP contribution is 2.49. The van der Waals surface area contributed by atoms with Gasteiger partial charge in [-0.1, -0.05) is 68.7 Å². The van der Waals surface area contributed by atoms with Crippen molar-refractivity contribution in [3.05, 3.63) is 53.6 Å². The second kappa shape index (κ2) is 7.81. The van der Waals surface area contributed by atoms with E-state index in [2.05, 4.69) is 71.0 Å². The number of benzene rings is 2. The molecule has 0 saturated heterocycles. The van der Waals surface area contributed by atoms with Crippen LogP contribution in [0, 0.1) is 5.92 Å². The van der Waals surface area contributed by atoms with E-state index in [-0.39, 0.29) is 6.04 Å². The minimum absolute atomic E-state index is 0.272. The van der Waals surface area contributed by atoms with Gasteiger partial charge in [0.25, 0.3) is 0 Å². The number of hydrogen-bond donors (Lipinski definition) is 0. The highest BCUT2D eigenvalue weighted by molar-refractivity contribution is 5.75. The van der Waals surface area contributed by atoms with Crippen molar-refractivity contribution in [2.75, 3.05) is 11.4 Å². The van der Waals surface area contributed by atoms with Gasteiger partial charge in [-0.25, -0.2) is 4.68 Å². The fraction of sp³-hybridized carbons (Fsp3) is 0.520. The van der Waals surface area contributed by atoms with Gasteiger partial charge < -0.3 is 4.90 Å². The Hall–Kier alpha value is -2.36. The number of para-hydroxylation sites is 2. The molecule has 29 heavy (non-hydrogen) atoms. The molecule has 0 spiro atoms. The first kappa shape index (κ1) is 18.7. The number of unbranched alkanes of at least 4 members (excludes halogenated alkanes) is 1. The molecule has 3 aromatic rings. The van der Waals surface area contributed by atoms with E-state index in [0.717, 1.165) is 11.0 Å². The fourth-order valence-corrected chi connectivity index (χ4v) is 5.83. The monoisotopic (exact) mass is 388 g/mol. The van der Waals surface area contributed by atoms with Crippen molar-refractivity contribution in [3.8, 4) is 0 Å². The van der Waals surface area contributed by atoms with Gasteiger partial charge in [0.2, 0.25) is 0 Å². The number of fused-ring (bicyclic) bond motifs is 1. The van der Waals surface area contributed by atoms with Gasteiger partial charge in [0.15, 0.2) is 0 Å². The highest BCUT2D eigenvalue weighted by Gasteiger charge is 2.43. The molecule has 0 saturated carbocycles. The maximum absolute atomic E-state index is 4.71. The Labute approximate surface area is 173 Å². The van der Waals surface area contributed by atoms with Crippen molar-refractivity contribution in [1.29, 1.82) is 0 Å². The van der Waals surface area contributed by atoms with E-state index in [0.29, 0.717) is 12.0 Å². The summed E-state index contributed by atoms with van der Waals surface area (Å²) in [5.41, 5.74) is 6.66. The lowest BCUT2D eigenvalue weighted by Gasteiger charge is -2.50. The molecule has 1 aromatic heterocycles. The molecule has 2 aliphatic heterocycles. The van der Waals surface area contributed by atoms with Crippen LogP contribution in [0.25, 0.3) is 11.0 Å². The van der Waals surface area contributed by atoms with Gasteiger partial charge in [-0.2, -0.15) is 0 Å². The van der Waals surface area contributed by atoms with Gasteiger partial charge in [-0.05, 0) is 43.4 Å². The number of hydrogen-bond acceptors (Lipinski definition) is 3. The SMILES string of the molecule is CCCC[C@H]1[C@H](CCC)[C@@H](n2nnc3ccccc32)c2cccc3c2N1CCC3. The Morgan fingerprint density at radius 3 is 2.76 bits per heavy atom. The van der Waals surface area contributed by atoms with Gasteiger partial charge in [0.05, 0.1) is 11.6 Å². The summed E-state index contributed by atoms with van der Waals surface area (Å²) in [6.07, 6.45) is 8.74. The zero-order chi connectivity index (χ0) is 19.8. The van der Waals surface area contributed by atoms with Crippen molar-refractivity contribution < 1.29 is 0 Å². The summed E-state index contributed by atoms with van der Waals surface area (Å²) >= 11 is 0. The molecule has 2 aliphatic rings. The third-order valence-corrected chi connectivity index (χ3v) is 7.02. The number of aromatic nitrogens is 3. The maximum Gasteiger partial charge on any atom is 0.113 e. The summed E-state index contributed by atoms with van der Waals surface area (Å²) in [7, 11) is 0. The van der Waals surface area contributed by atoms with Gasteiger partial charge in [-0.3, -0.25) is 0 Å². The molecule has 5 rings (SSSR count).